The van der Waals surface area contributed by atoms with E-state index < -0.39 is 6.08 Å². The highest BCUT2D eigenvalue weighted by molar-refractivity contribution is 9.11. The first kappa shape index (κ1) is 10.3. The third-order valence-electron chi connectivity index (χ3n) is 0.749. The lowest BCUT2D eigenvalue weighted by Gasteiger charge is -1.69. The van der Waals surface area contributed by atoms with Crippen LogP contribution < -0.4 is 0 Å². The lowest BCUT2D eigenvalue weighted by Crippen LogP contribution is -1.47. The van der Waals surface area contributed by atoms with Gasteiger partial charge in [-0.15, -0.1) is 0 Å². The Labute approximate surface area is 72.7 Å². The molecule has 0 nitrogen and oxygen atoms in total. The molecular weight excluding hydrogens is 214 g/mol. The Balaban J connectivity index is 0.000000187. The first-order valence-corrected chi connectivity index (χ1v) is 3.80. The maximum absolute atomic E-state index is 10.6. The fourth-order valence-corrected chi connectivity index (χ4v) is 0.385. The van der Waals surface area contributed by atoms with Crippen LogP contribution in [-0.2, 0) is 0 Å². The average molecular weight is 221 g/mol. The summed E-state index contributed by atoms with van der Waals surface area (Å²) in [4.78, 5) is 0.562. The van der Waals surface area contributed by atoms with Gasteiger partial charge in [-0.1, -0.05) is 52.3 Å². The molecule has 0 saturated carbocycles. The predicted molar refractivity (Wildman–Crippen MR) is 45.7 cm³/mol. The van der Waals surface area contributed by atoms with Gasteiger partial charge in [-0.05, 0) is 0 Å². The standard InChI is InChI=1S/C6H6.C2HBrF2/c1-2-4-6-5-3-1;3-1-2(4)5/h1-6H;1H. The minimum Gasteiger partial charge on any atom is -0.173 e. The van der Waals surface area contributed by atoms with Crippen molar-refractivity contribution in [3.63, 3.8) is 0 Å². The van der Waals surface area contributed by atoms with Crippen molar-refractivity contribution in [2.24, 2.45) is 0 Å². The predicted octanol–water partition coefficient (Wildman–Crippen LogP) is 3.81. The second kappa shape index (κ2) is 7.41. The van der Waals surface area contributed by atoms with Crippen LogP contribution in [0.4, 0.5) is 8.78 Å². The molecule has 0 radical (unpaired) electrons. The van der Waals surface area contributed by atoms with Crippen molar-refractivity contribution >= 4 is 15.9 Å². The molecule has 0 bridgehead atoms. The van der Waals surface area contributed by atoms with Crippen LogP contribution in [0.5, 0.6) is 0 Å². The normalized spacial score (nSPS) is 7.55. The molecule has 0 atom stereocenters. The minimum absolute atomic E-state index is 0.562. The van der Waals surface area contributed by atoms with E-state index in [0.29, 0.717) is 4.99 Å². The van der Waals surface area contributed by atoms with Crippen LogP contribution in [0.15, 0.2) is 47.5 Å². The van der Waals surface area contributed by atoms with Crippen LogP contribution >= 0.6 is 15.9 Å². The summed E-state index contributed by atoms with van der Waals surface area (Å²) in [7, 11) is 0. The zero-order valence-electron chi connectivity index (χ0n) is 5.68. The molecule has 1 aromatic carbocycles. The van der Waals surface area contributed by atoms with Crippen LogP contribution in [0.2, 0.25) is 0 Å². The van der Waals surface area contributed by atoms with Gasteiger partial charge in [0.15, 0.2) is 0 Å². The van der Waals surface area contributed by atoms with E-state index in [9.17, 15) is 8.78 Å². The molecule has 60 valence electrons. The Morgan fingerprint density at radius 2 is 1.09 bits per heavy atom. The van der Waals surface area contributed by atoms with Gasteiger partial charge >= 0.3 is 0 Å². The topological polar surface area (TPSA) is 0 Å². The summed E-state index contributed by atoms with van der Waals surface area (Å²) in [6.45, 7) is 0. The lowest BCUT2D eigenvalue weighted by molar-refractivity contribution is 0.424. The van der Waals surface area contributed by atoms with Crippen molar-refractivity contribution in [3.8, 4) is 0 Å². The molecule has 0 heterocycles. The average Bonchev–Trinajstić information content (AvgIpc) is 2.09. The molecule has 0 aliphatic rings. The van der Waals surface area contributed by atoms with E-state index in [2.05, 4.69) is 15.9 Å². The van der Waals surface area contributed by atoms with Crippen LogP contribution in [-0.4, -0.2) is 0 Å². The second-order valence-corrected chi connectivity index (χ2v) is 2.01. The SMILES string of the molecule is FC(F)=CBr.c1ccccc1. The summed E-state index contributed by atoms with van der Waals surface area (Å²) >= 11 is 2.40. The number of hydrogen-bond donors (Lipinski definition) is 0. The monoisotopic (exact) mass is 220 g/mol. The van der Waals surface area contributed by atoms with Crippen molar-refractivity contribution in [3.05, 3.63) is 47.5 Å². The molecule has 1 rings (SSSR count). The van der Waals surface area contributed by atoms with Gasteiger partial charge in [0, 0.05) is 4.99 Å². The molecule has 0 spiro atoms. The maximum Gasteiger partial charge on any atom is 0.277 e. The largest absolute Gasteiger partial charge is 0.277 e. The lowest BCUT2D eigenvalue weighted by atomic mass is 10.4. The summed E-state index contributed by atoms with van der Waals surface area (Å²) < 4.78 is 21.2. The molecule has 0 unspecified atom stereocenters. The Hall–Kier alpha value is -0.700. The Bertz CT molecular complexity index is 166. The first-order valence-electron chi connectivity index (χ1n) is 2.88. The van der Waals surface area contributed by atoms with Gasteiger partial charge in [0.05, 0.1) is 0 Å². The molecule has 0 amide bonds. The fraction of sp³-hybridized carbons (Fsp3) is 0. The van der Waals surface area contributed by atoms with Crippen molar-refractivity contribution in [1.82, 2.24) is 0 Å². The third-order valence-corrected chi connectivity index (χ3v) is 1.10. The molecule has 1 aromatic rings. The summed E-state index contributed by atoms with van der Waals surface area (Å²) in [5.74, 6) is 0. The molecule has 3 heteroatoms. The Morgan fingerprint density at radius 3 is 1.18 bits per heavy atom. The van der Waals surface area contributed by atoms with E-state index >= 15 is 0 Å². The number of halogens is 3. The summed E-state index contributed by atoms with van der Waals surface area (Å²) in [5.41, 5.74) is 0. The highest BCUT2D eigenvalue weighted by Crippen LogP contribution is 1.98. The number of benzene rings is 1. The summed E-state index contributed by atoms with van der Waals surface area (Å²) in [5, 5.41) is 0. The van der Waals surface area contributed by atoms with E-state index in [4.69, 9.17) is 0 Å². The molecule has 0 fully saturated rings. The van der Waals surface area contributed by atoms with Crippen LogP contribution in [0, 0.1) is 0 Å². The van der Waals surface area contributed by atoms with Gasteiger partial charge in [-0.25, -0.2) is 0 Å². The smallest absolute Gasteiger partial charge is 0.173 e. The second-order valence-electron chi connectivity index (χ2n) is 1.55. The van der Waals surface area contributed by atoms with Gasteiger partial charge in [0.25, 0.3) is 6.08 Å². The highest BCUT2D eigenvalue weighted by atomic mass is 79.9. The van der Waals surface area contributed by atoms with Gasteiger partial charge in [-0.3, -0.25) is 0 Å². The Kier molecular flexibility index (Phi) is 6.94. The van der Waals surface area contributed by atoms with Gasteiger partial charge < -0.3 is 0 Å². The van der Waals surface area contributed by atoms with Crippen molar-refractivity contribution in [2.45, 2.75) is 0 Å². The summed E-state index contributed by atoms with van der Waals surface area (Å²) in [6.07, 6.45) is -1.70. The zero-order valence-corrected chi connectivity index (χ0v) is 7.26. The van der Waals surface area contributed by atoms with E-state index in [1.54, 1.807) is 0 Å². The Morgan fingerprint density at radius 1 is 0.909 bits per heavy atom. The van der Waals surface area contributed by atoms with E-state index in [1.807, 2.05) is 36.4 Å². The molecule has 0 aromatic heterocycles. The molecule has 0 N–H and O–H groups in total. The van der Waals surface area contributed by atoms with Gasteiger partial charge in [-0.2, -0.15) is 8.78 Å². The van der Waals surface area contributed by atoms with Crippen molar-refractivity contribution in [2.75, 3.05) is 0 Å². The summed E-state index contributed by atoms with van der Waals surface area (Å²) in [6, 6.07) is 12.0. The highest BCUT2D eigenvalue weighted by Gasteiger charge is 1.75. The van der Waals surface area contributed by atoms with Crippen molar-refractivity contribution in [1.29, 1.82) is 0 Å². The van der Waals surface area contributed by atoms with Crippen LogP contribution in [0.3, 0.4) is 0 Å². The number of hydrogen-bond acceptors (Lipinski definition) is 0. The first-order chi connectivity index (χ1) is 5.27. The molecule has 0 saturated heterocycles. The molecule has 0 aliphatic carbocycles. The van der Waals surface area contributed by atoms with Gasteiger partial charge in [0.1, 0.15) is 0 Å². The molecular formula is C8H7BrF2. The quantitative estimate of drug-likeness (QED) is 0.624. The third kappa shape index (κ3) is 9.30. The molecule has 0 aliphatic heterocycles. The fourth-order valence-electron chi connectivity index (χ4n) is 0.385. The maximum atomic E-state index is 10.6. The van der Waals surface area contributed by atoms with E-state index in [0.717, 1.165) is 0 Å². The number of rotatable bonds is 0. The van der Waals surface area contributed by atoms with Crippen molar-refractivity contribution < 1.29 is 8.78 Å². The molecule has 11 heavy (non-hydrogen) atoms. The van der Waals surface area contributed by atoms with Gasteiger partial charge in [0.2, 0.25) is 0 Å². The minimum atomic E-state index is -1.70. The van der Waals surface area contributed by atoms with E-state index in [-0.39, 0.29) is 0 Å². The van der Waals surface area contributed by atoms with E-state index in [1.165, 1.54) is 0 Å². The zero-order chi connectivity index (χ0) is 8.53. The van der Waals surface area contributed by atoms with Crippen LogP contribution in [0.1, 0.15) is 0 Å². The van der Waals surface area contributed by atoms with Crippen LogP contribution in [0.25, 0.3) is 0 Å².